The monoisotopic (exact) mass is 222 g/mol. The summed E-state index contributed by atoms with van der Waals surface area (Å²) in [6, 6.07) is 7.82. The fourth-order valence-electron chi connectivity index (χ4n) is 1.29. The van der Waals surface area contributed by atoms with Gasteiger partial charge in [-0.15, -0.1) is 0 Å². The summed E-state index contributed by atoms with van der Waals surface area (Å²) in [4.78, 5) is 13.1. The Bertz CT molecular complexity index is 364. The van der Waals surface area contributed by atoms with Crippen molar-refractivity contribution in [3.8, 4) is 5.75 Å². The van der Waals surface area contributed by atoms with Crippen LogP contribution in [0.5, 0.6) is 5.75 Å². The van der Waals surface area contributed by atoms with Crippen LogP contribution in [0.4, 0.5) is 4.79 Å². The van der Waals surface area contributed by atoms with Crippen molar-refractivity contribution in [1.82, 2.24) is 10.2 Å². The summed E-state index contributed by atoms with van der Waals surface area (Å²) in [5.74, 6) is 0.561. The molecule has 0 bridgehead atoms. The number of benzene rings is 1. The van der Waals surface area contributed by atoms with E-state index in [0.29, 0.717) is 5.75 Å². The van der Waals surface area contributed by atoms with E-state index in [1.165, 1.54) is 7.05 Å². The van der Waals surface area contributed by atoms with Crippen molar-refractivity contribution >= 4 is 6.09 Å². The summed E-state index contributed by atoms with van der Waals surface area (Å²) < 4.78 is 5.07. The van der Waals surface area contributed by atoms with E-state index >= 15 is 0 Å². The molecule has 1 atom stereocenters. The van der Waals surface area contributed by atoms with Gasteiger partial charge in [0.15, 0.2) is 0 Å². The lowest BCUT2D eigenvalue weighted by molar-refractivity contribution is 0.203. The Kier molecular flexibility index (Phi) is 4.31. The van der Waals surface area contributed by atoms with Gasteiger partial charge in [0.2, 0.25) is 0 Å². The molecule has 16 heavy (non-hydrogen) atoms. The highest BCUT2D eigenvalue weighted by atomic mass is 16.5. The molecule has 1 amide bonds. The molecule has 0 saturated heterocycles. The minimum absolute atomic E-state index is 0.285. The average Bonchev–Trinajstić information content (AvgIpc) is 2.28. The van der Waals surface area contributed by atoms with Gasteiger partial charge in [0, 0.05) is 13.1 Å². The van der Waals surface area contributed by atoms with Crippen LogP contribution >= 0.6 is 0 Å². The van der Waals surface area contributed by atoms with Crippen molar-refractivity contribution in [3.05, 3.63) is 29.8 Å². The first-order chi connectivity index (χ1) is 7.54. The standard InChI is InChI=1S/C12H18N2O2/c1-9(14(3)4)10-6-5-7-11(8-10)16-12(15)13-2/h5-9H,1-4H3,(H,13,15). The zero-order valence-corrected chi connectivity index (χ0v) is 10.2. The van der Waals surface area contributed by atoms with Gasteiger partial charge in [0.1, 0.15) is 5.75 Å². The molecule has 0 fully saturated rings. The Balaban J connectivity index is 2.82. The summed E-state index contributed by atoms with van der Waals surface area (Å²) in [5.41, 5.74) is 1.12. The molecule has 0 radical (unpaired) electrons. The zero-order chi connectivity index (χ0) is 12.1. The van der Waals surface area contributed by atoms with Gasteiger partial charge in [-0.3, -0.25) is 0 Å². The minimum atomic E-state index is -0.449. The van der Waals surface area contributed by atoms with Gasteiger partial charge < -0.3 is 15.0 Å². The molecule has 1 N–H and O–H groups in total. The fraction of sp³-hybridized carbons (Fsp3) is 0.417. The van der Waals surface area contributed by atoms with Gasteiger partial charge in [-0.25, -0.2) is 4.79 Å². The van der Waals surface area contributed by atoms with Gasteiger partial charge in [-0.1, -0.05) is 12.1 Å². The number of nitrogens with zero attached hydrogens (tertiary/aromatic N) is 1. The number of amides is 1. The van der Waals surface area contributed by atoms with E-state index < -0.39 is 6.09 Å². The lowest BCUT2D eigenvalue weighted by Crippen LogP contribution is -2.22. The summed E-state index contributed by atoms with van der Waals surface area (Å²) >= 11 is 0. The molecule has 0 aliphatic heterocycles. The second-order valence-electron chi connectivity index (χ2n) is 3.85. The van der Waals surface area contributed by atoms with Gasteiger partial charge in [-0.05, 0) is 38.7 Å². The highest BCUT2D eigenvalue weighted by Crippen LogP contribution is 2.21. The summed E-state index contributed by atoms with van der Waals surface area (Å²) in [6.07, 6.45) is -0.449. The number of rotatable bonds is 3. The summed E-state index contributed by atoms with van der Waals surface area (Å²) in [6.45, 7) is 2.10. The van der Waals surface area contributed by atoms with Crippen LogP contribution in [0.2, 0.25) is 0 Å². The third-order valence-corrected chi connectivity index (χ3v) is 2.53. The lowest BCUT2D eigenvalue weighted by atomic mass is 10.1. The molecule has 88 valence electrons. The highest BCUT2D eigenvalue weighted by molar-refractivity contribution is 5.69. The van der Waals surface area contributed by atoms with Crippen LogP contribution in [-0.2, 0) is 0 Å². The number of ether oxygens (including phenoxy) is 1. The maximum absolute atomic E-state index is 11.1. The highest BCUT2D eigenvalue weighted by Gasteiger charge is 2.09. The summed E-state index contributed by atoms with van der Waals surface area (Å²) in [7, 11) is 5.56. The first-order valence-corrected chi connectivity index (χ1v) is 5.20. The number of carbonyl (C=O) groups excluding carboxylic acids is 1. The fourth-order valence-corrected chi connectivity index (χ4v) is 1.29. The van der Waals surface area contributed by atoms with Crippen molar-refractivity contribution < 1.29 is 9.53 Å². The second kappa shape index (κ2) is 5.51. The molecule has 0 aliphatic carbocycles. The predicted octanol–water partition coefficient (Wildman–Crippen LogP) is 2.03. The zero-order valence-electron chi connectivity index (χ0n) is 10.2. The molecule has 0 aliphatic rings. The van der Waals surface area contributed by atoms with Crippen LogP contribution in [-0.4, -0.2) is 32.1 Å². The van der Waals surface area contributed by atoms with E-state index in [-0.39, 0.29) is 6.04 Å². The smallest absolute Gasteiger partial charge is 0.410 e. The molecular weight excluding hydrogens is 204 g/mol. The Morgan fingerprint density at radius 1 is 1.44 bits per heavy atom. The number of nitrogens with one attached hydrogen (secondary N) is 1. The van der Waals surface area contributed by atoms with Crippen LogP contribution < -0.4 is 10.1 Å². The second-order valence-corrected chi connectivity index (χ2v) is 3.85. The molecule has 1 unspecified atom stereocenters. The number of carbonyl (C=O) groups is 1. The molecule has 4 nitrogen and oxygen atoms in total. The van der Waals surface area contributed by atoms with Gasteiger partial charge in [-0.2, -0.15) is 0 Å². The van der Waals surface area contributed by atoms with E-state index in [1.807, 2.05) is 32.3 Å². The molecule has 4 heteroatoms. The minimum Gasteiger partial charge on any atom is -0.410 e. The first kappa shape index (κ1) is 12.5. The maximum Gasteiger partial charge on any atom is 0.412 e. The molecule has 1 aromatic carbocycles. The summed E-state index contributed by atoms with van der Waals surface area (Å²) in [5, 5.41) is 2.41. The van der Waals surface area contributed by atoms with Crippen molar-refractivity contribution in [1.29, 1.82) is 0 Å². The molecular formula is C12H18N2O2. The van der Waals surface area contributed by atoms with Crippen molar-refractivity contribution in [2.45, 2.75) is 13.0 Å². The molecule has 0 aromatic heterocycles. The third-order valence-electron chi connectivity index (χ3n) is 2.53. The van der Waals surface area contributed by atoms with Crippen LogP contribution in [0.1, 0.15) is 18.5 Å². The Morgan fingerprint density at radius 2 is 2.12 bits per heavy atom. The molecule has 0 saturated carbocycles. The Labute approximate surface area is 96.2 Å². The average molecular weight is 222 g/mol. The largest absolute Gasteiger partial charge is 0.412 e. The Hall–Kier alpha value is -1.55. The normalized spacial score (nSPS) is 12.3. The van der Waals surface area contributed by atoms with E-state index in [4.69, 9.17) is 4.74 Å². The van der Waals surface area contributed by atoms with E-state index in [1.54, 1.807) is 6.07 Å². The van der Waals surface area contributed by atoms with Gasteiger partial charge >= 0.3 is 6.09 Å². The predicted molar refractivity (Wildman–Crippen MR) is 63.6 cm³/mol. The van der Waals surface area contributed by atoms with Gasteiger partial charge in [0.05, 0.1) is 0 Å². The van der Waals surface area contributed by atoms with E-state index in [9.17, 15) is 4.79 Å². The molecule has 1 aromatic rings. The van der Waals surface area contributed by atoms with Crippen molar-refractivity contribution in [3.63, 3.8) is 0 Å². The topological polar surface area (TPSA) is 41.6 Å². The van der Waals surface area contributed by atoms with Crippen LogP contribution in [0.25, 0.3) is 0 Å². The van der Waals surface area contributed by atoms with Crippen LogP contribution in [0.15, 0.2) is 24.3 Å². The van der Waals surface area contributed by atoms with Crippen LogP contribution in [0, 0.1) is 0 Å². The number of hydrogen-bond donors (Lipinski definition) is 1. The SMILES string of the molecule is CNC(=O)Oc1cccc(C(C)N(C)C)c1. The van der Waals surface area contributed by atoms with E-state index in [2.05, 4.69) is 17.1 Å². The molecule has 0 heterocycles. The molecule has 1 rings (SSSR count). The third kappa shape index (κ3) is 3.24. The van der Waals surface area contributed by atoms with E-state index in [0.717, 1.165) is 5.56 Å². The quantitative estimate of drug-likeness (QED) is 0.850. The van der Waals surface area contributed by atoms with Crippen molar-refractivity contribution in [2.24, 2.45) is 0 Å². The van der Waals surface area contributed by atoms with Crippen LogP contribution in [0.3, 0.4) is 0 Å². The van der Waals surface area contributed by atoms with Gasteiger partial charge in [0.25, 0.3) is 0 Å². The Morgan fingerprint density at radius 3 is 2.69 bits per heavy atom. The first-order valence-electron chi connectivity index (χ1n) is 5.20. The number of hydrogen-bond acceptors (Lipinski definition) is 3. The maximum atomic E-state index is 11.1. The lowest BCUT2D eigenvalue weighted by Gasteiger charge is -2.20. The van der Waals surface area contributed by atoms with Crippen molar-refractivity contribution in [2.75, 3.05) is 21.1 Å². The molecule has 0 spiro atoms.